The lowest BCUT2D eigenvalue weighted by Crippen LogP contribution is -2.43. The van der Waals surface area contributed by atoms with Crippen molar-refractivity contribution in [2.24, 2.45) is 22.2 Å². The van der Waals surface area contributed by atoms with Crippen molar-refractivity contribution in [1.29, 1.82) is 0 Å². The van der Waals surface area contributed by atoms with Crippen LogP contribution in [0.3, 0.4) is 0 Å². The average molecular weight is 735 g/mol. The number of rotatable bonds is 9. The number of ether oxygens (including phenoxy) is 6. The highest BCUT2D eigenvalue weighted by Crippen LogP contribution is 2.40. The van der Waals surface area contributed by atoms with Crippen molar-refractivity contribution in [3.8, 4) is 0 Å². The third-order valence-corrected chi connectivity index (χ3v) is 9.98. The molecule has 53 heavy (non-hydrogen) atoms. The quantitative estimate of drug-likeness (QED) is 0.195. The zero-order chi connectivity index (χ0) is 38.4. The van der Waals surface area contributed by atoms with E-state index in [2.05, 4.69) is 31.8 Å². The Morgan fingerprint density at radius 2 is 1.91 bits per heavy atom. The van der Waals surface area contributed by atoms with Crippen LogP contribution in [0.1, 0.15) is 72.7 Å². The molecule has 0 spiro atoms. The van der Waals surface area contributed by atoms with Gasteiger partial charge in [0.1, 0.15) is 23.8 Å². The van der Waals surface area contributed by atoms with E-state index in [1.807, 2.05) is 44.2 Å². The van der Waals surface area contributed by atoms with E-state index in [0.29, 0.717) is 42.7 Å². The number of hydrogen-bond donors (Lipinski definition) is 2. The molecule has 5 rings (SSSR count). The van der Waals surface area contributed by atoms with Crippen LogP contribution in [0, 0.1) is 17.3 Å². The van der Waals surface area contributed by atoms with Crippen LogP contribution >= 0.6 is 0 Å². The van der Waals surface area contributed by atoms with Gasteiger partial charge in [0.25, 0.3) is 0 Å². The molecule has 0 aliphatic carbocycles. The van der Waals surface area contributed by atoms with Crippen molar-refractivity contribution in [3.63, 3.8) is 0 Å². The summed E-state index contributed by atoms with van der Waals surface area (Å²) >= 11 is 0. The molecule has 6 atom stereocenters. The molecule has 5 heterocycles. The Bertz CT molecular complexity index is 1730. The maximum atomic E-state index is 13.7. The number of aromatic nitrogens is 1. The van der Waals surface area contributed by atoms with Crippen molar-refractivity contribution in [3.05, 3.63) is 81.8 Å². The van der Waals surface area contributed by atoms with Crippen molar-refractivity contribution in [1.82, 2.24) is 4.98 Å². The molecule has 0 aromatic carbocycles. The van der Waals surface area contributed by atoms with Gasteiger partial charge in [-0.25, -0.2) is 14.6 Å². The number of fused-ring (bicyclic) bond motifs is 6. The number of carbonyl (C=O) groups excluding carboxylic acids is 3. The summed E-state index contributed by atoms with van der Waals surface area (Å²) in [7, 11) is 1.66. The van der Waals surface area contributed by atoms with Gasteiger partial charge in [-0.1, -0.05) is 45.9 Å². The van der Waals surface area contributed by atoms with Gasteiger partial charge in [-0.3, -0.25) is 4.79 Å². The minimum atomic E-state index is -1.49. The number of carbonyl (C=O) groups is 3. The van der Waals surface area contributed by atoms with Crippen LogP contribution in [0.4, 0.5) is 0 Å². The third kappa shape index (κ3) is 9.28. The normalized spacial score (nSPS) is 30.0. The van der Waals surface area contributed by atoms with Crippen LogP contribution in [0.25, 0.3) is 0 Å². The van der Waals surface area contributed by atoms with Crippen molar-refractivity contribution in [2.45, 2.75) is 98.2 Å². The molecule has 2 N–H and O–H groups in total. The van der Waals surface area contributed by atoms with Gasteiger partial charge < -0.3 is 38.5 Å². The Balaban J connectivity index is 1.55. The molecule has 2 saturated heterocycles. The fraction of sp³-hybridized carbons (Fsp3) is 0.561. The van der Waals surface area contributed by atoms with E-state index in [1.54, 1.807) is 14.0 Å². The SMILES string of the molecule is COC/C=C/C(C)=C1\COC(CC(C)C)\C1=C/C1N=C2OC1COC(=O)C(CC(C)C)=CC(=O)OC1C(OC(=O)C1(C)CO)C(C)=CCc1ccc2[nH]1. The molecule has 0 saturated carbocycles. The lowest BCUT2D eigenvalue weighted by molar-refractivity contribution is -0.153. The number of aliphatic hydroxyl groups excluding tert-OH is 1. The van der Waals surface area contributed by atoms with Gasteiger partial charge in [-0.2, -0.15) is 0 Å². The highest BCUT2D eigenvalue weighted by atomic mass is 16.6. The van der Waals surface area contributed by atoms with Gasteiger partial charge in [-0.15, -0.1) is 0 Å². The molecule has 2 fully saturated rings. The molecule has 12 heteroatoms. The second-order valence-electron chi connectivity index (χ2n) is 15.3. The van der Waals surface area contributed by atoms with Gasteiger partial charge in [-0.05, 0) is 85.9 Å². The Hall–Kier alpha value is -4.26. The minimum Gasteiger partial charge on any atom is -0.467 e. The number of nitrogens with one attached hydrogen (secondary N) is 1. The van der Waals surface area contributed by atoms with E-state index in [0.717, 1.165) is 34.9 Å². The zero-order valence-corrected chi connectivity index (χ0v) is 32.1. The Kier molecular flexibility index (Phi) is 13.0. The fourth-order valence-corrected chi connectivity index (χ4v) is 6.91. The highest BCUT2D eigenvalue weighted by Gasteiger charge is 2.57. The molecular formula is C41H54N2O10. The van der Waals surface area contributed by atoms with Crippen LogP contribution < -0.4 is 0 Å². The lowest BCUT2D eigenvalue weighted by atomic mass is 9.83. The van der Waals surface area contributed by atoms with Gasteiger partial charge in [0, 0.05) is 30.9 Å². The Labute approximate surface area is 312 Å². The molecule has 4 aliphatic rings. The van der Waals surface area contributed by atoms with E-state index in [1.165, 1.54) is 6.92 Å². The number of H-pyrrole nitrogens is 1. The lowest BCUT2D eigenvalue weighted by Gasteiger charge is -2.27. The molecule has 1 aromatic rings. The summed E-state index contributed by atoms with van der Waals surface area (Å²) in [6.45, 7) is 13.7. The van der Waals surface area contributed by atoms with E-state index in [4.69, 9.17) is 33.4 Å². The van der Waals surface area contributed by atoms with Crippen LogP contribution in [0.15, 0.2) is 75.4 Å². The van der Waals surface area contributed by atoms with Crippen LogP contribution in [-0.2, 0) is 49.2 Å². The fourth-order valence-electron chi connectivity index (χ4n) is 6.91. The molecule has 4 aliphatic heterocycles. The number of cyclic esters (lactones) is 1. The monoisotopic (exact) mass is 734 g/mol. The molecule has 1 aromatic heterocycles. The predicted molar refractivity (Wildman–Crippen MR) is 198 cm³/mol. The smallest absolute Gasteiger partial charge is 0.334 e. The van der Waals surface area contributed by atoms with Crippen LogP contribution in [0.2, 0.25) is 0 Å². The molecule has 288 valence electrons. The number of aliphatic hydroxyl groups is 1. The van der Waals surface area contributed by atoms with E-state index < -0.39 is 54.3 Å². The van der Waals surface area contributed by atoms with Crippen LogP contribution in [-0.4, -0.2) is 97.9 Å². The summed E-state index contributed by atoms with van der Waals surface area (Å²) in [5.41, 5.74) is 3.93. The second-order valence-corrected chi connectivity index (χ2v) is 15.3. The van der Waals surface area contributed by atoms with Gasteiger partial charge in [0.15, 0.2) is 18.3 Å². The number of nitrogens with zero attached hydrogens (tertiary/aromatic N) is 1. The number of aromatic amines is 1. The first-order valence-electron chi connectivity index (χ1n) is 18.4. The highest BCUT2D eigenvalue weighted by molar-refractivity contribution is 5.97. The topological polar surface area (TPSA) is 155 Å². The molecule has 12 nitrogen and oxygen atoms in total. The maximum Gasteiger partial charge on any atom is 0.334 e. The van der Waals surface area contributed by atoms with Crippen molar-refractivity contribution < 1.29 is 47.9 Å². The second kappa shape index (κ2) is 17.3. The number of methoxy groups -OCH3 is 1. The number of allylic oxidation sites excluding steroid dienone is 3. The summed E-state index contributed by atoms with van der Waals surface area (Å²) in [5.74, 6) is -1.44. The Morgan fingerprint density at radius 1 is 1.13 bits per heavy atom. The van der Waals surface area contributed by atoms with E-state index in [9.17, 15) is 19.5 Å². The Morgan fingerprint density at radius 3 is 2.60 bits per heavy atom. The van der Waals surface area contributed by atoms with E-state index >= 15 is 0 Å². The maximum absolute atomic E-state index is 13.7. The molecule has 0 radical (unpaired) electrons. The number of esters is 3. The summed E-state index contributed by atoms with van der Waals surface area (Å²) in [4.78, 5) is 48.5. The summed E-state index contributed by atoms with van der Waals surface area (Å²) < 4.78 is 35.4. The average Bonchev–Trinajstić information content (AvgIpc) is 3.89. The molecule has 6 unspecified atom stereocenters. The zero-order valence-electron chi connectivity index (χ0n) is 32.1. The van der Waals surface area contributed by atoms with Gasteiger partial charge >= 0.3 is 17.9 Å². The van der Waals surface area contributed by atoms with Gasteiger partial charge in [0.2, 0.25) is 5.90 Å². The first-order chi connectivity index (χ1) is 25.2. The summed E-state index contributed by atoms with van der Waals surface area (Å²) in [6.07, 6.45) is 7.71. The van der Waals surface area contributed by atoms with Crippen molar-refractivity contribution in [2.75, 3.05) is 33.5 Å². The first-order valence-corrected chi connectivity index (χ1v) is 18.4. The third-order valence-electron chi connectivity index (χ3n) is 9.98. The molecule has 4 bridgehead atoms. The standard InChI is InChI=1S/C41H54N2O10/c1-23(2)16-27-18-35(45)52-37-36(53-40(47)41(37,7)22-44)26(6)11-12-28-13-14-31(42-28)38-43-32(34(51-38)21-50-39(27)46)19-29-30(25(5)10-9-15-48-8)20-49-33(29)17-24(3)4/h9-11,13-14,18-19,23-24,32-34,36-37,42,44H,12,15-17,20-22H2,1-8H3/b10-9+,26-11?,27-18?,29-19-,30-25+. The predicted octanol–water partition coefficient (Wildman–Crippen LogP) is 5.27. The largest absolute Gasteiger partial charge is 0.467 e. The number of hydrogen-bond acceptors (Lipinski definition) is 11. The van der Waals surface area contributed by atoms with Crippen LogP contribution in [0.5, 0.6) is 0 Å². The van der Waals surface area contributed by atoms with Gasteiger partial charge in [0.05, 0.1) is 25.9 Å². The van der Waals surface area contributed by atoms with Crippen molar-refractivity contribution >= 4 is 23.8 Å². The minimum absolute atomic E-state index is 0.000324. The molecular weight excluding hydrogens is 680 g/mol. The summed E-state index contributed by atoms with van der Waals surface area (Å²) in [5, 5.41) is 10.2. The molecule has 0 amide bonds. The first kappa shape index (κ1) is 39.9. The van der Waals surface area contributed by atoms with E-state index in [-0.39, 0.29) is 30.6 Å². The number of aliphatic imine (C=N–C) groups is 1. The summed E-state index contributed by atoms with van der Waals surface area (Å²) in [6, 6.07) is 3.28.